The number of aliphatic hydroxyl groups excluding tert-OH is 1. The minimum atomic E-state index is -0.184. The molecule has 0 aliphatic heterocycles. The third kappa shape index (κ3) is 1.98. The first-order valence-corrected chi connectivity index (χ1v) is 6.53. The van der Waals surface area contributed by atoms with Gasteiger partial charge in [-0.15, -0.1) is 0 Å². The average molecular weight is 220 g/mol. The van der Waals surface area contributed by atoms with Gasteiger partial charge < -0.3 is 5.11 Å². The lowest BCUT2D eigenvalue weighted by Gasteiger charge is -2.45. The minimum Gasteiger partial charge on any atom is -0.392 e. The fraction of sp³-hybridized carbons (Fsp3) is 0.733. The SMILES string of the molecule is C=C1C[C@@H](O)[C@H](C(C)C)C2C=C(C)CCC12. The van der Waals surface area contributed by atoms with E-state index in [1.54, 1.807) is 0 Å². The molecule has 0 aromatic heterocycles. The van der Waals surface area contributed by atoms with Gasteiger partial charge in [-0.05, 0) is 49.9 Å². The number of aliphatic hydroxyl groups is 1. The molecule has 0 saturated heterocycles. The second kappa shape index (κ2) is 4.37. The summed E-state index contributed by atoms with van der Waals surface area (Å²) in [5, 5.41) is 10.2. The van der Waals surface area contributed by atoms with E-state index in [1.807, 2.05) is 0 Å². The first-order valence-electron chi connectivity index (χ1n) is 6.53. The Morgan fingerprint density at radius 3 is 2.75 bits per heavy atom. The van der Waals surface area contributed by atoms with Crippen LogP contribution in [0.25, 0.3) is 0 Å². The summed E-state index contributed by atoms with van der Waals surface area (Å²) in [5.41, 5.74) is 2.77. The second-order valence-corrected chi connectivity index (χ2v) is 5.99. The standard InChI is InChI=1S/C15H24O/c1-9(2)15-13-7-10(3)5-6-12(13)11(4)8-14(15)16/h7,9,12-16H,4-6,8H2,1-3H3/t12?,13?,14-,15-/m1/s1. The zero-order valence-electron chi connectivity index (χ0n) is 10.7. The van der Waals surface area contributed by atoms with Crippen molar-refractivity contribution in [3.63, 3.8) is 0 Å². The summed E-state index contributed by atoms with van der Waals surface area (Å²) in [6.45, 7) is 10.9. The van der Waals surface area contributed by atoms with Gasteiger partial charge in [-0.1, -0.05) is 37.6 Å². The maximum absolute atomic E-state index is 10.2. The lowest BCUT2D eigenvalue weighted by molar-refractivity contribution is 0.0163. The Morgan fingerprint density at radius 1 is 1.44 bits per heavy atom. The van der Waals surface area contributed by atoms with Crippen LogP contribution in [-0.2, 0) is 0 Å². The van der Waals surface area contributed by atoms with Crippen molar-refractivity contribution in [2.45, 2.75) is 46.1 Å². The lowest BCUT2D eigenvalue weighted by Crippen LogP contribution is -2.42. The molecule has 1 saturated carbocycles. The largest absolute Gasteiger partial charge is 0.392 e. The molecule has 1 nitrogen and oxygen atoms in total. The Morgan fingerprint density at radius 2 is 2.12 bits per heavy atom. The molecule has 1 heteroatoms. The van der Waals surface area contributed by atoms with Crippen molar-refractivity contribution in [1.29, 1.82) is 0 Å². The van der Waals surface area contributed by atoms with Gasteiger partial charge >= 0.3 is 0 Å². The summed E-state index contributed by atoms with van der Waals surface area (Å²) in [5.74, 6) is 2.13. The highest BCUT2D eigenvalue weighted by molar-refractivity contribution is 5.21. The molecule has 0 aromatic carbocycles. The summed E-state index contributed by atoms with van der Waals surface area (Å²) in [6, 6.07) is 0. The van der Waals surface area contributed by atoms with Crippen LogP contribution < -0.4 is 0 Å². The van der Waals surface area contributed by atoms with Crippen LogP contribution in [0.15, 0.2) is 23.8 Å². The Hall–Kier alpha value is -0.560. The van der Waals surface area contributed by atoms with Crippen molar-refractivity contribution >= 4 is 0 Å². The van der Waals surface area contributed by atoms with Crippen LogP contribution in [0.1, 0.15) is 40.0 Å². The van der Waals surface area contributed by atoms with Crippen molar-refractivity contribution in [2.75, 3.05) is 0 Å². The summed E-state index contributed by atoms with van der Waals surface area (Å²) in [7, 11) is 0. The third-order valence-electron chi connectivity index (χ3n) is 4.45. The smallest absolute Gasteiger partial charge is 0.0613 e. The highest BCUT2D eigenvalue weighted by Gasteiger charge is 2.41. The second-order valence-electron chi connectivity index (χ2n) is 5.99. The molecule has 4 atom stereocenters. The Labute approximate surface area is 99.3 Å². The van der Waals surface area contributed by atoms with Crippen LogP contribution in [0.3, 0.4) is 0 Å². The molecule has 0 heterocycles. The summed E-state index contributed by atoms with van der Waals surface area (Å²) >= 11 is 0. The zero-order valence-corrected chi connectivity index (χ0v) is 10.7. The molecular formula is C15H24O. The number of allylic oxidation sites excluding steroid dienone is 2. The van der Waals surface area contributed by atoms with E-state index in [2.05, 4.69) is 33.4 Å². The van der Waals surface area contributed by atoms with E-state index in [0.717, 1.165) is 6.42 Å². The van der Waals surface area contributed by atoms with E-state index in [0.29, 0.717) is 23.7 Å². The van der Waals surface area contributed by atoms with Crippen molar-refractivity contribution in [3.8, 4) is 0 Å². The molecule has 2 aliphatic rings. The van der Waals surface area contributed by atoms with Crippen LogP contribution in [0.2, 0.25) is 0 Å². The van der Waals surface area contributed by atoms with Crippen LogP contribution in [-0.4, -0.2) is 11.2 Å². The molecule has 2 unspecified atom stereocenters. The van der Waals surface area contributed by atoms with E-state index < -0.39 is 0 Å². The quantitative estimate of drug-likeness (QED) is 0.670. The van der Waals surface area contributed by atoms with Gasteiger partial charge in [-0.2, -0.15) is 0 Å². The van der Waals surface area contributed by atoms with E-state index >= 15 is 0 Å². The number of hydrogen-bond acceptors (Lipinski definition) is 1. The summed E-state index contributed by atoms with van der Waals surface area (Å²) in [4.78, 5) is 0. The fourth-order valence-electron chi connectivity index (χ4n) is 3.66. The van der Waals surface area contributed by atoms with Crippen molar-refractivity contribution < 1.29 is 5.11 Å². The van der Waals surface area contributed by atoms with Gasteiger partial charge in [0.05, 0.1) is 6.10 Å². The van der Waals surface area contributed by atoms with Crippen molar-refractivity contribution in [2.24, 2.45) is 23.7 Å². The van der Waals surface area contributed by atoms with Gasteiger partial charge in [0, 0.05) is 0 Å². The number of hydrogen-bond donors (Lipinski definition) is 1. The van der Waals surface area contributed by atoms with E-state index in [9.17, 15) is 5.11 Å². The van der Waals surface area contributed by atoms with Crippen LogP contribution in [0, 0.1) is 23.7 Å². The Kier molecular flexibility index (Phi) is 3.25. The van der Waals surface area contributed by atoms with Crippen molar-refractivity contribution in [1.82, 2.24) is 0 Å². The molecule has 2 rings (SSSR count). The number of rotatable bonds is 1. The van der Waals surface area contributed by atoms with Gasteiger partial charge in [0.25, 0.3) is 0 Å². The predicted molar refractivity (Wildman–Crippen MR) is 68.1 cm³/mol. The summed E-state index contributed by atoms with van der Waals surface area (Å²) in [6.07, 6.45) is 5.49. The molecule has 90 valence electrons. The van der Waals surface area contributed by atoms with Gasteiger partial charge in [0.2, 0.25) is 0 Å². The van der Waals surface area contributed by atoms with E-state index in [4.69, 9.17) is 0 Å². The van der Waals surface area contributed by atoms with Gasteiger partial charge in [0.1, 0.15) is 0 Å². The molecule has 1 fully saturated rings. The first-order chi connectivity index (χ1) is 7.50. The maximum atomic E-state index is 10.2. The first kappa shape index (κ1) is 11.9. The van der Waals surface area contributed by atoms with Crippen LogP contribution >= 0.6 is 0 Å². The molecule has 0 aromatic rings. The molecule has 1 N–H and O–H groups in total. The van der Waals surface area contributed by atoms with E-state index in [1.165, 1.54) is 24.0 Å². The molecule has 0 bridgehead atoms. The molecule has 0 radical (unpaired) electrons. The summed E-state index contributed by atoms with van der Waals surface area (Å²) < 4.78 is 0. The van der Waals surface area contributed by atoms with E-state index in [-0.39, 0.29) is 6.10 Å². The Bertz CT molecular complexity index is 313. The molecular weight excluding hydrogens is 196 g/mol. The lowest BCUT2D eigenvalue weighted by atomic mass is 9.61. The topological polar surface area (TPSA) is 20.2 Å². The minimum absolute atomic E-state index is 0.184. The third-order valence-corrected chi connectivity index (χ3v) is 4.45. The van der Waals surface area contributed by atoms with Gasteiger partial charge in [-0.25, -0.2) is 0 Å². The van der Waals surface area contributed by atoms with Crippen molar-refractivity contribution in [3.05, 3.63) is 23.8 Å². The predicted octanol–water partition coefficient (Wildman–Crippen LogP) is 3.55. The average Bonchev–Trinajstić information content (AvgIpc) is 2.15. The fourth-order valence-corrected chi connectivity index (χ4v) is 3.66. The molecule has 0 amide bonds. The normalized spacial score (nSPS) is 39.6. The highest BCUT2D eigenvalue weighted by atomic mass is 16.3. The molecule has 16 heavy (non-hydrogen) atoms. The molecule has 2 aliphatic carbocycles. The monoisotopic (exact) mass is 220 g/mol. The van der Waals surface area contributed by atoms with Crippen LogP contribution in [0.4, 0.5) is 0 Å². The van der Waals surface area contributed by atoms with Gasteiger partial charge in [-0.3, -0.25) is 0 Å². The highest BCUT2D eigenvalue weighted by Crippen LogP contribution is 2.47. The van der Waals surface area contributed by atoms with Gasteiger partial charge in [0.15, 0.2) is 0 Å². The maximum Gasteiger partial charge on any atom is 0.0613 e. The van der Waals surface area contributed by atoms with Crippen LogP contribution in [0.5, 0.6) is 0 Å². The zero-order chi connectivity index (χ0) is 11.9. The number of fused-ring (bicyclic) bond motifs is 1. The Balaban J connectivity index is 2.31. The molecule has 0 spiro atoms.